The monoisotopic (exact) mass is 417 g/mol. The lowest BCUT2D eigenvalue weighted by molar-refractivity contribution is -0.134. The molecule has 2 aliphatic rings. The van der Waals surface area contributed by atoms with Crippen molar-refractivity contribution in [2.45, 2.75) is 41.9 Å². The highest BCUT2D eigenvalue weighted by Gasteiger charge is 2.38. The molecule has 1 fully saturated rings. The highest BCUT2D eigenvalue weighted by molar-refractivity contribution is 8.00. The summed E-state index contributed by atoms with van der Waals surface area (Å²) >= 11 is 1.55. The first kappa shape index (κ1) is 20.0. The van der Waals surface area contributed by atoms with Crippen molar-refractivity contribution in [3.05, 3.63) is 53.6 Å². The average Bonchev–Trinajstić information content (AvgIpc) is 3.19. The summed E-state index contributed by atoms with van der Waals surface area (Å²) in [6.45, 7) is 1.95. The van der Waals surface area contributed by atoms with Gasteiger partial charge in [-0.05, 0) is 43.7 Å². The van der Waals surface area contributed by atoms with Gasteiger partial charge in [0.1, 0.15) is 0 Å². The number of aliphatic hydroxyl groups is 2. The van der Waals surface area contributed by atoms with Crippen molar-refractivity contribution < 1.29 is 29.2 Å². The SMILES string of the molecule is Cc1ccc(SC2CC(O)[C@H](NC(=O)c3ccc4c(c3)OCO4)O[C@@H]2CO)cc1. The zero-order valence-electron chi connectivity index (χ0n) is 15.9. The van der Waals surface area contributed by atoms with Gasteiger partial charge in [0.05, 0.1) is 18.8 Å². The van der Waals surface area contributed by atoms with Crippen LogP contribution in [0.15, 0.2) is 47.4 Å². The van der Waals surface area contributed by atoms with E-state index in [1.807, 2.05) is 31.2 Å². The van der Waals surface area contributed by atoms with E-state index in [-0.39, 0.29) is 18.6 Å². The summed E-state index contributed by atoms with van der Waals surface area (Å²) in [6.07, 6.45) is -1.92. The van der Waals surface area contributed by atoms with Gasteiger partial charge < -0.3 is 29.7 Å². The number of rotatable bonds is 5. The van der Waals surface area contributed by atoms with Gasteiger partial charge in [-0.25, -0.2) is 0 Å². The number of aryl methyl sites for hydroxylation is 1. The summed E-state index contributed by atoms with van der Waals surface area (Å²) in [5.74, 6) is 0.700. The molecule has 0 spiro atoms. The van der Waals surface area contributed by atoms with Crippen molar-refractivity contribution in [2.24, 2.45) is 0 Å². The number of amides is 1. The van der Waals surface area contributed by atoms with Crippen molar-refractivity contribution in [1.29, 1.82) is 0 Å². The van der Waals surface area contributed by atoms with Crippen LogP contribution in [0.5, 0.6) is 11.5 Å². The van der Waals surface area contributed by atoms with E-state index in [4.69, 9.17) is 14.2 Å². The normalized spacial score (nSPS) is 25.6. The molecule has 0 aliphatic carbocycles. The lowest BCUT2D eigenvalue weighted by Gasteiger charge is -2.38. The Labute approximate surface area is 173 Å². The van der Waals surface area contributed by atoms with Gasteiger partial charge in [0.2, 0.25) is 6.79 Å². The number of carbonyl (C=O) groups excluding carboxylic acids is 1. The standard InChI is InChI=1S/C21H23NO6S/c1-12-2-5-14(6-3-12)29-19-9-15(24)21(28-18(19)10-23)22-20(25)13-4-7-16-17(8-13)27-11-26-16/h2-8,15,18-19,21,23-24H,9-11H2,1H3,(H,22,25)/t15?,18-,19?,21-/m1/s1. The third-order valence-corrected chi connectivity index (χ3v) is 6.30. The van der Waals surface area contributed by atoms with Crippen LogP contribution in [0.2, 0.25) is 0 Å². The molecule has 7 nitrogen and oxygen atoms in total. The molecule has 0 aromatic heterocycles. The Kier molecular flexibility index (Phi) is 5.96. The van der Waals surface area contributed by atoms with Crippen LogP contribution >= 0.6 is 11.8 Å². The molecule has 3 N–H and O–H groups in total. The van der Waals surface area contributed by atoms with E-state index < -0.39 is 24.3 Å². The molecule has 1 saturated heterocycles. The number of benzene rings is 2. The molecule has 2 aromatic carbocycles. The summed E-state index contributed by atoms with van der Waals surface area (Å²) < 4.78 is 16.4. The number of ether oxygens (including phenoxy) is 3. The lowest BCUT2D eigenvalue weighted by Crippen LogP contribution is -2.55. The minimum Gasteiger partial charge on any atom is -0.454 e. The van der Waals surface area contributed by atoms with Crippen molar-refractivity contribution in [3.63, 3.8) is 0 Å². The molecule has 0 saturated carbocycles. The molecule has 29 heavy (non-hydrogen) atoms. The predicted molar refractivity (Wildman–Crippen MR) is 107 cm³/mol. The topological polar surface area (TPSA) is 97.3 Å². The van der Waals surface area contributed by atoms with E-state index in [9.17, 15) is 15.0 Å². The maximum atomic E-state index is 12.6. The van der Waals surface area contributed by atoms with E-state index in [1.54, 1.807) is 30.0 Å². The number of thioether (sulfide) groups is 1. The van der Waals surface area contributed by atoms with Crippen LogP contribution in [0.1, 0.15) is 22.3 Å². The molecular weight excluding hydrogens is 394 g/mol. The van der Waals surface area contributed by atoms with E-state index in [0.29, 0.717) is 23.5 Å². The second-order valence-electron chi connectivity index (χ2n) is 7.09. The molecule has 1 amide bonds. The number of nitrogens with one attached hydrogen (secondary N) is 1. The third-order valence-electron chi connectivity index (χ3n) is 4.96. The van der Waals surface area contributed by atoms with Crippen LogP contribution in [-0.2, 0) is 4.74 Å². The lowest BCUT2D eigenvalue weighted by atomic mass is 10.0. The molecule has 2 unspecified atom stereocenters. The van der Waals surface area contributed by atoms with E-state index in [2.05, 4.69) is 5.32 Å². The smallest absolute Gasteiger partial charge is 0.253 e. The largest absolute Gasteiger partial charge is 0.454 e. The molecule has 4 rings (SSSR count). The highest BCUT2D eigenvalue weighted by atomic mass is 32.2. The number of aliphatic hydroxyl groups excluding tert-OH is 2. The van der Waals surface area contributed by atoms with E-state index in [1.165, 1.54) is 5.56 Å². The fraction of sp³-hybridized carbons (Fsp3) is 0.381. The summed E-state index contributed by atoms with van der Waals surface area (Å²) in [7, 11) is 0. The average molecular weight is 417 g/mol. The van der Waals surface area contributed by atoms with Gasteiger partial charge in [-0.3, -0.25) is 4.79 Å². The molecule has 8 heteroatoms. The summed E-state index contributed by atoms with van der Waals surface area (Å²) in [6, 6.07) is 12.9. The Morgan fingerprint density at radius 2 is 1.93 bits per heavy atom. The van der Waals surface area contributed by atoms with Gasteiger partial charge in [0.15, 0.2) is 17.7 Å². The number of hydrogen-bond acceptors (Lipinski definition) is 7. The zero-order valence-corrected chi connectivity index (χ0v) is 16.7. The Bertz CT molecular complexity index is 874. The number of carbonyl (C=O) groups is 1. The molecule has 0 radical (unpaired) electrons. The van der Waals surface area contributed by atoms with Gasteiger partial charge in [-0.1, -0.05) is 17.7 Å². The van der Waals surface area contributed by atoms with Gasteiger partial charge >= 0.3 is 0 Å². The second kappa shape index (κ2) is 8.62. The summed E-state index contributed by atoms with van der Waals surface area (Å²) in [5, 5.41) is 22.9. The maximum absolute atomic E-state index is 12.6. The Morgan fingerprint density at radius 1 is 1.17 bits per heavy atom. The fourth-order valence-corrected chi connectivity index (χ4v) is 4.57. The van der Waals surface area contributed by atoms with Crippen LogP contribution in [-0.4, -0.2) is 53.2 Å². The van der Waals surface area contributed by atoms with Crippen molar-refractivity contribution in [1.82, 2.24) is 5.32 Å². The Morgan fingerprint density at radius 3 is 2.69 bits per heavy atom. The molecule has 0 bridgehead atoms. The molecule has 2 aromatic rings. The zero-order chi connectivity index (χ0) is 20.4. The Balaban J connectivity index is 1.40. The summed E-state index contributed by atoms with van der Waals surface area (Å²) in [4.78, 5) is 13.6. The minimum absolute atomic E-state index is 0.128. The van der Waals surface area contributed by atoms with Crippen molar-refractivity contribution in [3.8, 4) is 11.5 Å². The molecule has 2 heterocycles. The molecule has 2 aliphatic heterocycles. The Hall–Kier alpha value is -2.26. The third kappa shape index (κ3) is 4.51. The van der Waals surface area contributed by atoms with Crippen LogP contribution in [0.25, 0.3) is 0 Å². The van der Waals surface area contributed by atoms with E-state index in [0.717, 1.165) is 4.90 Å². The first-order chi connectivity index (χ1) is 14.0. The minimum atomic E-state index is -0.903. The molecular formula is C21H23NO6S. The first-order valence-electron chi connectivity index (χ1n) is 9.41. The van der Waals surface area contributed by atoms with Gasteiger partial charge in [0.25, 0.3) is 5.91 Å². The maximum Gasteiger partial charge on any atom is 0.253 e. The fourth-order valence-electron chi connectivity index (χ4n) is 3.34. The predicted octanol–water partition coefficient (Wildman–Crippen LogP) is 2.08. The van der Waals surface area contributed by atoms with Gasteiger partial charge in [-0.2, -0.15) is 0 Å². The second-order valence-corrected chi connectivity index (χ2v) is 8.40. The van der Waals surface area contributed by atoms with Gasteiger partial charge in [0, 0.05) is 15.7 Å². The van der Waals surface area contributed by atoms with Gasteiger partial charge in [-0.15, -0.1) is 11.8 Å². The number of fused-ring (bicyclic) bond motifs is 1. The van der Waals surface area contributed by atoms with Crippen LogP contribution in [0.3, 0.4) is 0 Å². The highest BCUT2D eigenvalue weighted by Crippen LogP contribution is 2.35. The molecule has 154 valence electrons. The van der Waals surface area contributed by atoms with Crippen LogP contribution < -0.4 is 14.8 Å². The van der Waals surface area contributed by atoms with Crippen molar-refractivity contribution >= 4 is 17.7 Å². The van der Waals surface area contributed by atoms with Crippen molar-refractivity contribution in [2.75, 3.05) is 13.4 Å². The van der Waals surface area contributed by atoms with Crippen LogP contribution in [0, 0.1) is 6.92 Å². The summed E-state index contributed by atoms with van der Waals surface area (Å²) in [5.41, 5.74) is 1.54. The first-order valence-corrected chi connectivity index (χ1v) is 10.3. The number of hydrogen-bond donors (Lipinski definition) is 3. The van der Waals surface area contributed by atoms with Crippen LogP contribution in [0.4, 0.5) is 0 Å². The van der Waals surface area contributed by atoms with E-state index >= 15 is 0 Å². The molecule has 4 atom stereocenters. The quantitative estimate of drug-likeness (QED) is 0.685.